The molecule has 1 unspecified atom stereocenters. The van der Waals surface area contributed by atoms with Crippen LogP contribution in [0.15, 0.2) is 51.7 Å². The van der Waals surface area contributed by atoms with E-state index in [2.05, 4.69) is 0 Å². The normalized spacial score (nSPS) is 12.4. The minimum absolute atomic E-state index is 0.0851. The molecule has 4 nitrogen and oxygen atoms in total. The number of phenolic OH excluding ortho intramolecular Hbond substituents is 2. The second-order valence-corrected chi connectivity index (χ2v) is 5.91. The van der Waals surface area contributed by atoms with E-state index in [9.17, 15) is 15.0 Å². The smallest absolute Gasteiger partial charge is 0.193 e. The summed E-state index contributed by atoms with van der Waals surface area (Å²) < 4.78 is 5.81. The highest BCUT2D eigenvalue weighted by molar-refractivity contribution is 5.81. The van der Waals surface area contributed by atoms with Crippen molar-refractivity contribution in [3.05, 3.63) is 69.6 Å². The molecule has 0 fully saturated rings. The Kier molecular flexibility index (Phi) is 3.82. The molecule has 0 spiro atoms. The van der Waals surface area contributed by atoms with E-state index in [1.165, 1.54) is 12.1 Å². The molecule has 2 aromatic carbocycles. The molecule has 3 aromatic rings. The van der Waals surface area contributed by atoms with Gasteiger partial charge in [0.15, 0.2) is 5.43 Å². The van der Waals surface area contributed by atoms with Gasteiger partial charge in [-0.05, 0) is 42.2 Å². The van der Waals surface area contributed by atoms with Gasteiger partial charge < -0.3 is 14.6 Å². The highest BCUT2D eigenvalue weighted by atomic mass is 16.3. The summed E-state index contributed by atoms with van der Waals surface area (Å²) in [6.07, 6.45) is 0.560. The minimum atomic E-state index is -0.100. The molecular weight excluding hydrogens is 292 g/mol. The van der Waals surface area contributed by atoms with E-state index >= 15 is 0 Å². The van der Waals surface area contributed by atoms with E-state index in [1.54, 1.807) is 25.1 Å². The Morgan fingerprint density at radius 3 is 2.43 bits per heavy atom. The van der Waals surface area contributed by atoms with Gasteiger partial charge in [-0.25, -0.2) is 0 Å². The Bertz CT molecular complexity index is 907. The highest BCUT2D eigenvalue weighted by Crippen LogP contribution is 2.26. The maximum Gasteiger partial charge on any atom is 0.193 e. The van der Waals surface area contributed by atoms with Crippen molar-refractivity contribution in [2.24, 2.45) is 0 Å². The van der Waals surface area contributed by atoms with Crippen LogP contribution in [0, 0.1) is 6.92 Å². The maximum atomic E-state index is 12.3. The summed E-state index contributed by atoms with van der Waals surface area (Å²) in [6, 6.07) is 11.5. The van der Waals surface area contributed by atoms with Crippen LogP contribution in [0.2, 0.25) is 0 Å². The second kappa shape index (κ2) is 5.80. The Labute approximate surface area is 133 Å². The third-order valence-electron chi connectivity index (χ3n) is 4.03. The van der Waals surface area contributed by atoms with Crippen LogP contribution in [-0.2, 0) is 6.42 Å². The Morgan fingerprint density at radius 2 is 1.74 bits per heavy atom. The van der Waals surface area contributed by atoms with Crippen LogP contribution < -0.4 is 5.43 Å². The fraction of sp³-hybridized carbons (Fsp3) is 0.211. The van der Waals surface area contributed by atoms with Crippen LogP contribution >= 0.6 is 0 Å². The first-order valence-corrected chi connectivity index (χ1v) is 7.49. The number of hydrogen-bond acceptors (Lipinski definition) is 4. The van der Waals surface area contributed by atoms with Gasteiger partial charge in [-0.2, -0.15) is 0 Å². The van der Waals surface area contributed by atoms with Crippen molar-refractivity contribution in [1.29, 1.82) is 0 Å². The standard InChI is InChI=1S/C19H18O4/c1-11(13-3-5-14(20)6-4-13)8-16-10-17(22)19-12(2)7-15(21)9-18(19)23-16/h3-7,9-11,20-21H,8H2,1-2H3. The van der Waals surface area contributed by atoms with Gasteiger partial charge in [0.2, 0.25) is 0 Å². The Balaban J connectivity index is 1.97. The molecule has 23 heavy (non-hydrogen) atoms. The Morgan fingerprint density at radius 1 is 1.04 bits per heavy atom. The lowest BCUT2D eigenvalue weighted by Gasteiger charge is -2.12. The van der Waals surface area contributed by atoms with E-state index in [4.69, 9.17) is 4.42 Å². The lowest BCUT2D eigenvalue weighted by atomic mass is 9.96. The predicted molar refractivity (Wildman–Crippen MR) is 89.1 cm³/mol. The number of aromatic hydroxyl groups is 2. The van der Waals surface area contributed by atoms with Gasteiger partial charge >= 0.3 is 0 Å². The molecule has 0 aliphatic carbocycles. The summed E-state index contributed by atoms with van der Waals surface area (Å²) in [5.74, 6) is 1.02. The molecule has 0 saturated heterocycles. The van der Waals surface area contributed by atoms with Gasteiger partial charge in [-0.3, -0.25) is 4.79 Å². The molecule has 3 rings (SSSR count). The lowest BCUT2D eigenvalue weighted by molar-refractivity contribution is 0.470. The van der Waals surface area contributed by atoms with Crippen LogP contribution in [0.3, 0.4) is 0 Å². The zero-order valence-corrected chi connectivity index (χ0v) is 13.0. The summed E-state index contributed by atoms with van der Waals surface area (Å²) in [4.78, 5) is 12.3. The van der Waals surface area contributed by atoms with Crippen molar-refractivity contribution in [1.82, 2.24) is 0 Å². The molecule has 4 heteroatoms. The van der Waals surface area contributed by atoms with Crippen molar-refractivity contribution in [2.45, 2.75) is 26.2 Å². The molecule has 0 saturated carbocycles. The van der Waals surface area contributed by atoms with Crippen LogP contribution in [-0.4, -0.2) is 10.2 Å². The zero-order valence-electron chi connectivity index (χ0n) is 13.0. The van der Waals surface area contributed by atoms with Gasteiger partial charge in [0.1, 0.15) is 22.8 Å². The van der Waals surface area contributed by atoms with Crippen molar-refractivity contribution in [3.63, 3.8) is 0 Å². The van der Waals surface area contributed by atoms with Crippen molar-refractivity contribution < 1.29 is 14.6 Å². The molecule has 1 atom stereocenters. The quantitative estimate of drug-likeness (QED) is 0.770. The maximum absolute atomic E-state index is 12.3. The fourth-order valence-corrected chi connectivity index (χ4v) is 2.84. The third-order valence-corrected chi connectivity index (χ3v) is 4.03. The first kappa shape index (κ1) is 15.2. The number of hydrogen-bond donors (Lipinski definition) is 2. The summed E-state index contributed by atoms with van der Waals surface area (Å²) in [6.45, 7) is 3.81. The number of benzene rings is 2. The van der Waals surface area contributed by atoms with E-state index < -0.39 is 0 Å². The van der Waals surface area contributed by atoms with E-state index in [1.807, 2.05) is 19.1 Å². The van der Waals surface area contributed by atoms with E-state index in [-0.39, 0.29) is 22.8 Å². The highest BCUT2D eigenvalue weighted by Gasteiger charge is 2.13. The summed E-state index contributed by atoms with van der Waals surface area (Å²) >= 11 is 0. The van der Waals surface area contributed by atoms with Crippen LogP contribution in [0.1, 0.15) is 29.7 Å². The van der Waals surface area contributed by atoms with Crippen LogP contribution in [0.4, 0.5) is 0 Å². The van der Waals surface area contributed by atoms with Crippen LogP contribution in [0.5, 0.6) is 11.5 Å². The second-order valence-electron chi connectivity index (χ2n) is 5.91. The topological polar surface area (TPSA) is 70.7 Å². The minimum Gasteiger partial charge on any atom is -0.508 e. The number of fused-ring (bicyclic) bond motifs is 1. The molecule has 0 aliphatic heterocycles. The first-order valence-electron chi connectivity index (χ1n) is 7.49. The molecule has 0 bridgehead atoms. The number of rotatable bonds is 3. The Hall–Kier alpha value is -2.75. The molecule has 0 radical (unpaired) electrons. The summed E-state index contributed by atoms with van der Waals surface area (Å²) in [7, 11) is 0. The number of phenols is 2. The van der Waals surface area contributed by atoms with Crippen molar-refractivity contribution in [2.75, 3.05) is 0 Å². The predicted octanol–water partition coefficient (Wildman–Crippen LogP) is 3.86. The van der Waals surface area contributed by atoms with E-state index in [0.29, 0.717) is 28.7 Å². The summed E-state index contributed by atoms with van der Waals surface area (Å²) in [5.41, 5.74) is 2.06. The molecular formula is C19H18O4. The average Bonchev–Trinajstić information content (AvgIpc) is 2.46. The molecule has 1 aromatic heterocycles. The molecule has 0 amide bonds. The lowest BCUT2D eigenvalue weighted by Crippen LogP contribution is -2.06. The fourth-order valence-electron chi connectivity index (χ4n) is 2.84. The van der Waals surface area contributed by atoms with E-state index in [0.717, 1.165) is 5.56 Å². The average molecular weight is 310 g/mol. The first-order chi connectivity index (χ1) is 10.9. The van der Waals surface area contributed by atoms with Gasteiger partial charge in [0.25, 0.3) is 0 Å². The van der Waals surface area contributed by atoms with Crippen molar-refractivity contribution >= 4 is 11.0 Å². The molecule has 0 aliphatic rings. The monoisotopic (exact) mass is 310 g/mol. The molecule has 118 valence electrons. The zero-order chi connectivity index (χ0) is 16.6. The van der Waals surface area contributed by atoms with Gasteiger partial charge in [0.05, 0.1) is 5.39 Å². The summed E-state index contributed by atoms with van der Waals surface area (Å²) in [5, 5.41) is 19.5. The molecule has 2 N–H and O–H groups in total. The number of aryl methyl sites for hydroxylation is 1. The van der Waals surface area contributed by atoms with Gasteiger partial charge in [0, 0.05) is 18.6 Å². The van der Waals surface area contributed by atoms with Gasteiger partial charge in [-0.15, -0.1) is 0 Å². The van der Waals surface area contributed by atoms with Gasteiger partial charge in [-0.1, -0.05) is 19.1 Å². The third kappa shape index (κ3) is 3.06. The SMILES string of the molecule is Cc1cc(O)cc2oc(CC(C)c3ccc(O)cc3)cc(=O)c12. The van der Waals surface area contributed by atoms with Crippen molar-refractivity contribution in [3.8, 4) is 11.5 Å². The molecule has 1 heterocycles. The largest absolute Gasteiger partial charge is 0.508 e. The van der Waals surface area contributed by atoms with Crippen LogP contribution in [0.25, 0.3) is 11.0 Å².